The summed E-state index contributed by atoms with van der Waals surface area (Å²) in [6.07, 6.45) is -0.497. The van der Waals surface area contributed by atoms with E-state index < -0.39 is 11.9 Å². The van der Waals surface area contributed by atoms with Crippen molar-refractivity contribution in [3.05, 3.63) is 29.8 Å². The minimum absolute atomic E-state index is 0.165. The molecule has 0 aliphatic heterocycles. The molecule has 0 atom stereocenters. The number of carboxylic acids is 1. The molecule has 0 fully saturated rings. The summed E-state index contributed by atoms with van der Waals surface area (Å²) in [7, 11) is 0. The van der Waals surface area contributed by atoms with Crippen molar-refractivity contribution in [2.45, 2.75) is 12.8 Å². The first-order chi connectivity index (χ1) is 7.63. The maximum absolute atomic E-state index is 11.3. The topological polar surface area (TPSA) is 93.0 Å². The van der Waals surface area contributed by atoms with Crippen molar-refractivity contribution in [2.24, 2.45) is 0 Å². The summed E-state index contributed by atoms with van der Waals surface area (Å²) >= 11 is 0. The smallest absolute Gasteiger partial charge is 0.224 e. The van der Waals surface area contributed by atoms with Crippen LogP contribution in [-0.2, 0) is 9.59 Å². The Bertz CT molecular complexity index is 449. The highest BCUT2D eigenvalue weighted by molar-refractivity contribution is 5.93. The molecule has 1 N–H and O–H groups in total. The molecule has 1 aromatic rings. The molecule has 0 aliphatic carbocycles. The number of aliphatic carboxylic acids is 1. The lowest BCUT2D eigenvalue weighted by molar-refractivity contribution is -0.305. The number of anilines is 1. The van der Waals surface area contributed by atoms with Crippen LogP contribution in [0.25, 0.3) is 0 Å². The van der Waals surface area contributed by atoms with Gasteiger partial charge in [-0.25, -0.2) is 0 Å². The Balaban J connectivity index is 2.63. The molecule has 5 nitrogen and oxygen atoms in total. The first-order valence-electron chi connectivity index (χ1n) is 4.62. The number of para-hydroxylation sites is 1. The fourth-order valence-electron chi connectivity index (χ4n) is 1.12. The lowest BCUT2D eigenvalue weighted by atomic mass is 10.2. The minimum atomic E-state index is -1.27. The minimum Gasteiger partial charge on any atom is -0.550 e. The van der Waals surface area contributed by atoms with Crippen LogP contribution in [0.1, 0.15) is 18.4 Å². The Kier molecular flexibility index (Phi) is 4.04. The summed E-state index contributed by atoms with van der Waals surface area (Å²) in [5, 5.41) is 21.3. The highest BCUT2D eigenvalue weighted by Gasteiger charge is 2.05. The maximum atomic E-state index is 11.3. The molecule has 0 bridgehead atoms. The zero-order valence-electron chi connectivity index (χ0n) is 8.40. The van der Waals surface area contributed by atoms with Gasteiger partial charge in [-0.3, -0.25) is 4.79 Å². The largest absolute Gasteiger partial charge is 0.550 e. The van der Waals surface area contributed by atoms with E-state index in [4.69, 9.17) is 5.26 Å². The molecule has 1 rings (SSSR count). The SMILES string of the molecule is N#Cc1ccccc1NC(=O)CCC(=O)[O-]. The second-order valence-electron chi connectivity index (χ2n) is 3.08. The van der Waals surface area contributed by atoms with Gasteiger partial charge in [0.15, 0.2) is 0 Å². The van der Waals surface area contributed by atoms with Gasteiger partial charge in [-0.15, -0.1) is 0 Å². The van der Waals surface area contributed by atoms with Gasteiger partial charge in [0.25, 0.3) is 0 Å². The number of carbonyl (C=O) groups is 2. The normalized spacial score (nSPS) is 9.19. The number of carbonyl (C=O) groups excluding carboxylic acids is 2. The van der Waals surface area contributed by atoms with Crippen molar-refractivity contribution < 1.29 is 14.7 Å². The fraction of sp³-hybridized carbons (Fsp3) is 0.182. The van der Waals surface area contributed by atoms with Crippen LogP contribution in [0.4, 0.5) is 5.69 Å². The molecule has 0 unspecified atom stereocenters. The van der Waals surface area contributed by atoms with E-state index in [9.17, 15) is 14.7 Å². The number of nitrogens with zero attached hydrogens (tertiary/aromatic N) is 1. The highest BCUT2D eigenvalue weighted by Crippen LogP contribution is 2.13. The molecule has 0 spiro atoms. The molecule has 82 valence electrons. The number of hydrogen-bond acceptors (Lipinski definition) is 4. The van der Waals surface area contributed by atoms with E-state index in [-0.39, 0.29) is 12.8 Å². The zero-order chi connectivity index (χ0) is 12.0. The van der Waals surface area contributed by atoms with Crippen LogP contribution in [0, 0.1) is 11.3 Å². The van der Waals surface area contributed by atoms with E-state index in [1.165, 1.54) is 0 Å². The van der Waals surface area contributed by atoms with Crippen LogP contribution in [-0.4, -0.2) is 11.9 Å². The predicted octanol–water partition coefficient (Wildman–Crippen LogP) is 0.0269. The molecule has 1 amide bonds. The van der Waals surface area contributed by atoms with Crippen LogP contribution in [0.2, 0.25) is 0 Å². The van der Waals surface area contributed by atoms with E-state index >= 15 is 0 Å². The maximum Gasteiger partial charge on any atom is 0.224 e. The highest BCUT2D eigenvalue weighted by atomic mass is 16.4. The number of hydrogen-bond donors (Lipinski definition) is 1. The first-order valence-corrected chi connectivity index (χ1v) is 4.62. The van der Waals surface area contributed by atoms with Gasteiger partial charge in [-0.1, -0.05) is 12.1 Å². The Labute approximate surface area is 92.3 Å². The Morgan fingerprint density at radius 1 is 1.31 bits per heavy atom. The van der Waals surface area contributed by atoms with E-state index in [1.54, 1.807) is 24.3 Å². The Morgan fingerprint density at radius 3 is 2.62 bits per heavy atom. The van der Waals surface area contributed by atoms with Gasteiger partial charge < -0.3 is 15.2 Å². The van der Waals surface area contributed by atoms with Crippen molar-refractivity contribution in [2.75, 3.05) is 5.32 Å². The summed E-state index contributed by atoms with van der Waals surface area (Å²) in [5.74, 6) is -1.73. The number of carboxylic acid groups (broad SMARTS) is 1. The molecule has 16 heavy (non-hydrogen) atoms. The lowest BCUT2D eigenvalue weighted by Gasteiger charge is -2.06. The quantitative estimate of drug-likeness (QED) is 0.769. The van der Waals surface area contributed by atoms with Crippen molar-refractivity contribution in [1.82, 2.24) is 0 Å². The van der Waals surface area contributed by atoms with Gasteiger partial charge in [0.05, 0.1) is 11.3 Å². The zero-order valence-corrected chi connectivity index (χ0v) is 8.40. The van der Waals surface area contributed by atoms with Crippen LogP contribution >= 0.6 is 0 Å². The van der Waals surface area contributed by atoms with E-state index in [1.807, 2.05) is 6.07 Å². The van der Waals surface area contributed by atoms with E-state index in [0.29, 0.717) is 11.3 Å². The number of nitriles is 1. The van der Waals surface area contributed by atoms with Crippen LogP contribution in [0.3, 0.4) is 0 Å². The fourth-order valence-corrected chi connectivity index (χ4v) is 1.12. The summed E-state index contributed by atoms with van der Waals surface area (Å²) in [5.41, 5.74) is 0.720. The summed E-state index contributed by atoms with van der Waals surface area (Å²) in [6.45, 7) is 0. The summed E-state index contributed by atoms with van der Waals surface area (Å²) in [4.78, 5) is 21.4. The second-order valence-corrected chi connectivity index (χ2v) is 3.08. The van der Waals surface area contributed by atoms with Crippen LogP contribution in [0.15, 0.2) is 24.3 Å². The molecule has 0 aliphatic rings. The van der Waals surface area contributed by atoms with Gasteiger partial charge in [0, 0.05) is 12.4 Å². The molecule has 5 heteroatoms. The average Bonchev–Trinajstić information content (AvgIpc) is 2.27. The lowest BCUT2D eigenvalue weighted by Crippen LogP contribution is -2.24. The third kappa shape index (κ3) is 3.42. The number of benzene rings is 1. The molecule has 1 aromatic carbocycles. The van der Waals surface area contributed by atoms with Crippen molar-refractivity contribution in [3.8, 4) is 6.07 Å². The van der Waals surface area contributed by atoms with Gasteiger partial charge in [-0.05, 0) is 18.6 Å². The first kappa shape index (κ1) is 11.7. The Morgan fingerprint density at radius 2 is 2.00 bits per heavy atom. The summed E-state index contributed by atoms with van der Waals surface area (Å²) < 4.78 is 0. The van der Waals surface area contributed by atoms with E-state index in [0.717, 1.165) is 0 Å². The molecule has 0 saturated heterocycles. The van der Waals surface area contributed by atoms with Gasteiger partial charge >= 0.3 is 0 Å². The van der Waals surface area contributed by atoms with Crippen LogP contribution in [0.5, 0.6) is 0 Å². The summed E-state index contributed by atoms with van der Waals surface area (Å²) in [6, 6.07) is 8.42. The Hall–Kier alpha value is -2.35. The third-order valence-electron chi connectivity index (χ3n) is 1.88. The monoisotopic (exact) mass is 217 g/mol. The molecule has 0 saturated carbocycles. The molecule has 0 aromatic heterocycles. The van der Waals surface area contributed by atoms with Crippen molar-refractivity contribution in [1.29, 1.82) is 5.26 Å². The van der Waals surface area contributed by atoms with Gasteiger partial charge in [0.1, 0.15) is 6.07 Å². The predicted molar refractivity (Wildman–Crippen MR) is 54.0 cm³/mol. The molecular weight excluding hydrogens is 208 g/mol. The van der Waals surface area contributed by atoms with Crippen molar-refractivity contribution >= 4 is 17.6 Å². The third-order valence-corrected chi connectivity index (χ3v) is 1.88. The number of rotatable bonds is 4. The molecule has 0 radical (unpaired) electrons. The van der Waals surface area contributed by atoms with Crippen molar-refractivity contribution in [3.63, 3.8) is 0 Å². The second kappa shape index (κ2) is 5.51. The average molecular weight is 217 g/mol. The molecule has 0 heterocycles. The number of nitrogens with one attached hydrogen (secondary N) is 1. The van der Waals surface area contributed by atoms with E-state index in [2.05, 4.69) is 5.32 Å². The van der Waals surface area contributed by atoms with Gasteiger partial charge in [0.2, 0.25) is 5.91 Å². The van der Waals surface area contributed by atoms with Gasteiger partial charge in [-0.2, -0.15) is 5.26 Å². The molecular formula is C11H9N2O3-. The van der Waals surface area contributed by atoms with Crippen LogP contribution < -0.4 is 10.4 Å². The number of amides is 1. The standard InChI is InChI=1S/C11H10N2O3/c12-7-8-3-1-2-4-9(8)13-10(14)5-6-11(15)16/h1-4H,5-6H2,(H,13,14)(H,15,16)/p-1.